The molecule has 5 aromatic heterocycles. The SMILES string of the molecule is Brc1ccc(Br)s1.CCCCc1ccsc1-c1ccc(-c2sccc2CCCC)s1.CCCCc1ccsc1Br. The molecule has 0 aliphatic rings. The van der Waals surface area contributed by atoms with Crippen LogP contribution in [0.25, 0.3) is 19.5 Å². The van der Waals surface area contributed by atoms with E-state index in [4.69, 9.17) is 0 Å². The zero-order valence-corrected chi connectivity index (χ0v) is 32.2. The topological polar surface area (TPSA) is 0 Å². The lowest BCUT2D eigenvalue weighted by Gasteiger charge is -2.02. The Kier molecular flexibility index (Phi) is 16.6. The first-order chi connectivity index (χ1) is 19.5. The Morgan fingerprint density at radius 3 is 1.30 bits per heavy atom. The van der Waals surface area contributed by atoms with Crippen LogP contribution in [0.5, 0.6) is 0 Å². The van der Waals surface area contributed by atoms with Gasteiger partial charge in [0.05, 0.1) is 11.4 Å². The summed E-state index contributed by atoms with van der Waals surface area (Å²) in [5.41, 5.74) is 4.53. The van der Waals surface area contributed by atoms with Crippen LogP contribution in [0.15, 0.2) is 70.0 Å². The third-order valence-electron chi connectivity index (χ3n) is 6.18. The molecule has 0 aromatic carbocycles. The molecule has 40 heavy (non-hydrogen) atoms. The highest BCUT2D eigenvalue weighted by atomic mass is 79.9. The van der Waals surface area contributed by atoms with E-state index < -0.39 is 0 Å². The number of hydrogen-bond donors (Lipinski definition) is 0. The van der Waals surface area contributed by atoms with E-state index in [0.717, 1.165) is 0 Å². The Morgan fingerprint density at radius 1 is 0.500 bits per heavy atom. The van der Waals surface area contributed by atoms with E-state index in [2.05, 4.69) is 115 Å². The minimum Gasteiger partial charge on any atom is -0.143 e. The van der Waals surface area contributed by atoms with E-state index in [1.807, 2.05) is 46.1 Å². The number of rotatable bonds is 11. The quantitative estimate of drug-likeness (QED) is 0.125. The van der Waals surface area contributed by atoms with E-state index >= 15 is 0 Å². The lowest BCUT2D eigenvalue weighted by Crippen LogP contribution is -1.83. The number of thiophene rings is 5. The van der Waals surface area contributed by atoms with Crippen molar-refractivity contribution in [1.82, 2.24) is 0 Å². The summed E-state index contributed by atoms with van der Waals surface area (Å²) in [6, 6.07) is 15.5. The summed E-state index contributed by atoms with van der Waals surface area (Å²) in [4.78, 5) is 5.86. The van der Waals surface area contributed by atoms with Crippen molar-refractivity contribution in [2.75, 3.05) is 0 Å². The van der Waals surface area contributed by atoms with Crippen LogP contribution in [0.2, 0.25) is 0 Å². The molecule has 216 valence electrons. The molecule has 0 saturated heterocycles. The lowest BCUT2D eigenvalue weighted by atomic mass is 10.1. The van der Waals surface area contributed by atoms with Crippen molar-refractivity contribution in [3.05, 3.63) is 86.7 Å². The van der Waals surface area contributed by atoms with E-state index in [1.165, 1.54) is 105 Å². The van der Waals surface area contributed by atoms with Gasteiger partial charge in [-0.2, -0.15) is 0 Å². The molecular formula is C32H37Br3S5. The van der Waals surface area contributed by atoms with Gasteiger partial charge in [0, 0.05) is 19.5 Å². The zero-order valence-electron chi connectivity index (χ0n) is 23.3. The van der Waals surface area contributed by atoms with Gasteiger partial charge < -0.3 is 0 Å². The fourth-order valence-corrected chi connectivity index (χ4v) is 11.0. The molecule has 5 heterocycles. The summed E-state index contributed by atoms with van der Waals surface area (Å²) in [5, 5.41) is 6.63. The summed E-state index contributed by atoms with van der Waals surface area (Å²) in [5.74, 6) is 0. The molecule has 8 heteroatoms. The van der Waals surface area contributed by atoms with Crippen molar-refractivity contribution in [3.8, 4) is 19.5 Å². The smallest absolute Gasteiger partial charge is 0.0730 e. The van der Waals surface area contributed by atoms with Gasteiger partial charge in [-0.25, -0.2) is 0 Å². The first kappa shape index (κ1) is 34.4. The second-order valence-corrected chi connectivity index (χ2v) is 18.3. The van der Waals surface area contributed by atoms with Gasteiger partial charge in [0.1, 0.15) is 0 Å². The highest BCUT2D eigenvalue weighted by Gasteiger charge is 2.13. The normalized spacial score (nSPS) is 10.7. The first-order valence-corrected chi connectivity index (χ1v) is 20.5. The minimum atomic E-state index is 1.17. The Labute approximate surface area is 286 Å². The minimum absolute atomic E-state index is 1.17. The van der Waals surface area contributed by atoms with Crippen LogP contribution in [0.3, 0.4) is 0 Å². The monoisotopic (exact) mass is 818 g/mol. The summed E-state index contributed by atoms with van der Waals surface area (Å²) in [6.07, 6.45) is 11.3. The molecule has 5 rings (SSSR count). The summed E-state index contributed by atoms with van der Waals surface area (Å²) >= 11 is 19.4. The molecule has 0 N–H and O–H groups in total. The number of hydrogen-bond acceptors (Lipinski definition) is 5. The van der Waals surface area contributed by atoms with Gasteiger partial charge in [-0.05, 0) is 162 Å². The Balaban J connectivity index is 0.000000212. The summed E-state index contributed by atoms with van der Waals surface area (Å²) < 4.78 is 3.64. The first-order valence-electron chi connectivity index (χ1n) is 13.8. The second kappa shape index (κ2) is 19.3. The second-order valence-electron chi connectivity index (χ2n) is 9.29. The number of unbranched alkanes of at least 4 members (excludes halogenated alkanes) is 3. The van der Waals surface area contributed by atoms with Crippen LogP contribution in [0.4, 0.5) is 0 Å². The van der Waals surface area contributed by atoms with Crippen molar-refractivity contribution in [2.24, 2.45) is 0 Å². The molecule has 0 atom stereocenters. The van der Waals surface area contributed by atoms with E-state index in [9.17, 15) is 0 Å². The molecule has 0 unspecified atom stereocenters. The molecule has 0 fully saturated rings. The molecular weight excluding hydrogens is 784 g/mol. The van der Waals surface area contributed by atoms with Gasteiger partial charge in [0.2, 0.25) is 0 Å². The summed E-state index contributed by atoms with van der Waals surface area (Å²) in [7, 11) is 0. The Morgan fingerprint density at radius 2 is 0.925 bits per heavy atom. The third-order valence-corrected chi connectivity index (χ3v) is 13.5. The molecule has 0 saturated carbocycles. The van der Waals surface area contributed by atoms with Gasteiger partial charge in [0.15, 0.2) is 0 Å². The molecule has 0 aliphatic heterocycles. The maximum atomic E-state index is 3.51. The van der Waals surface area contributed by atoms with Gasteiger partial charge in [-0.1, -0.05) is 40.0 Å². The van der Waals surface area contributed by atoms with Gasteiger partial charge in [-0.3, -0.25) is 0 Å². The van der Waals surface area contributed by atoms with Gasteiger partial charge >= 0.3 is 0 Å². The number of halogens is 3. The Hall–Kier alpha value is -0.0600. The van der Waals surface area contributed by atoms with Crippen LogP contribution >= 0.6 is 104 Å². The third kappa shape index (κ3) is 11.2. The van der Waals surface area contributed by atoms with Crippen LogP contribution in [-0.4, -0.2) is 0 Å². The van der Waals surface area contributed by atoms with Crippen LogP contribution in [0.1, 0.15) is 76.0 Å². The predicted molar refractivity (Wildman–Crippen MR) is 199 cm³/mol. The molecule has 0 spiro atoms. The average molecular weight is 822 g/mol. The van der Waals surface area contributed by atoms with Crippen LogP contribution in [0, 0.1) is 0 Å². The van der Waals surface area contributed by atoms with Crippen molar-refractivity contribution in [1.29, 1.82) is 0 Å². The largest absolute Gasteiger partial charge is 0.143 e. The molecule has 0 radical (unpaired) electrons. The summed E-state index contributed by atoms with van der Waals surface area (Å²) in [6.45, 7) is 6.76. The highest BCUT2D eigenvalue weighted by Crippen LogP contribution is 2.42. The van der Waals surface area contributed by atoms with Gasteiger partial charge in [-0.15, -0.1) is 56.7 Å². The maximum Gasteiger partial charge on any atom is 0.0730 e. The standard InChI is InChI=1S/C20H24S3.C8H11BrS.C4H2Br2S/c1-3-5-7-15-11-13-21-19(15)17-9-10-18(23-17)20-16(8-6-4-2)12-14-22-20;1-2-3-4-7-5-6-10-8(7)9;5-3-1-2-4(6)7-3/h9-14H,3-8H2,1-2H3;5-6H,2-4H2,1H3;1-2H. The molecule has 0 nitrogen and oxygen atoms in total. The molecule has 0 aliphatic carbocycles. The van der Waals surface area contributed by atoms with Crippen LogP contribution < -0.4 is 0 Å². The van der Waals surface area contributed by atoms with E-state index in [0.29, 0.717) is 0 Å². The van der Waals surface area contributed by atoms with E-state index in [-0.39, 0.29) is 0 Å². The van der Waals surface area contributed by atoms with Crippen molar-refractivity contribution < 1.29 is 0 Å². The maximum absolute atomic E-state index is 3.51. The van der Waals surface area contributed by atoms with Crippen molar-refractivity contribution in [3.63, 3.8) is 0 Å². The Bertz CT molecular complexity index is 1290. The van der Waals surface area contributed by atoms with Gasteiger partial charge in [0.25, 0.3) is 0 Å². The number of aryl methyl sites for hydroxylation is 3. The fourth-order valence-electron chi connectivity index (χ4n) is 3.97. The van der Waals surface area contributed by atoms with Crippen molar-refractivity contribution >= 4 is 104 Å². The lowest BCUT2D eigenvalue weighted by molar-refractivity contribution is 0.795. The molecule has 5 aromatic rings. The molecule has 0 amide bonds. The average Bonchev–Trinajstić information content (AvgIpc) is 3.78. The van der Waals surface area contributed by atoms with E-state index in [1.54, 1.807) is 22.7 Å². The predicted octanol–water partition coefficient (Wildman–Crippen LogP) is 15.0. The van der Waals surface area contributed by atoms with Crippen molar-refractivity contribution in [2.45, 2.75) is 78.6 Å². The highest BCUT2D eigenvalue weighted by molar-refractivity contribution is 9.12. The van der Waals surface area contributed by atoms with Crippen LogP contribution in [-0.2, 0) is 19.3 Å². The fraction of sp³-hybridized carbons (Fsp3) is 0.375. The zero-order chi connectivity index (χ0) is 28.7. The molecule has 0 bridgehead atoms.